The summed E-state index contributed by atoms with van der Waals surface area (Å²) in [5.74, 6) is -2.40. The second-order valence-corrected chi connectivity index (χ2v) is 4.54. The lowest BCUT2D eigenvalue weighted by Gasteiger charge is -2.21. The lowest BCUT2D eigenvalue weighted by Crippen LogP contribution is -2.37. The molecule has 1 aromatic rings. The number of anilines is 1. The van der Waals surface area contributed by atoms with E-state index >= 15 is 0 Å². The first-order chi connectivity index (χ1) is 8.27. The molecular formula is C12H15FN2O3. The van der Waals surface area contributed by atoms with Gasteiger partial charge in [-0.3, -0.25) is 4.79 Å². The van der Waals surface area contributed by atoms with E-state index in [1.165, 1.54) is 6.07 Å². The Balaban J connectivity index is 3.05. The van der Waals surface area contributed by atoms with Crippen LogP contribution in [0.25, 0.3) is 0 Å². The highest BCUT2D eigenvalue weighted by Crippen LogP contribution is 2.21. The number of halogens is 1. The number of amides is 1. The summed E-state index contributed by atoms with van der Waals surface area (Å²) in [5.41, 5.74) is 4.37. The SMILES string of the molecule is CC(C)(CN)C(=O)Nc1ccc(F)cc1C(=O)O. The first kappa shape index (κ1) is 14.1. The molecular weight excluding hydrogens is 239 g/mol. The zero-order chi connectivity index (χ0) is 13.9. The van der Waals surface area contributed by atoms with E-state index < -0.39 is 23.1 Å². The van der Waals surface area contributed by atoms with E-state index in [2.05, 4.69) is 5.32 Å². The Bertz CT molecular complexity index is 486. The van der Waals surface area contributed by atoms with Crippen LogP contribution in [-0.4, -0.2) is 23.5 Å². The van der Waals surface area contributed by atoms with Gasteiger partial charge in [0.1, 0.15) is 5.82 Å². The van der Waals surface area contributed by atoms with Crippen molar-refractivity contribution in [2.24, 2.45) is 11.1 Å². The Labute approximate surface area is 104 Å². The van der Waals surface area contributed by atoms with E-state index in [1.54, 1.807) is 13.8 Å². The third-order valence-corrected chi connectivity index (χ3v) is 2.59. The summed E-state index contributed by atoms with van der Waals surface area (Å²) < 4.78 is 12.9. The van der Waals surface area contributed by atoms with Gasteiger partial charge in [0, 0.05) is 6.54 Å². The number of hydrogen-bond donors (Lipinski definition) is 3. The molecule has 0 aromatic heterocycles. The van der Waals surface area contributed by atoms with Crippen molar-refractivity contribution in [3.63, 3.8) is 0 Å². The van der Waals surface area contributed by atoms with Crippen molar-refractivity contribution in [1.29, 1.82) is 0 Å². The van der Waals surface area contributed by atoms with Crippen molar-refractivity contribution < 1.29 is 19.1 Å². The van der Waals surface area contributed by atoms with E-state index in [1.807, 2.05) is 0 Å². The molecule has 1 aromatic carbocycles. The zero-order valence-electron chi connectivity index (χ0n) is 10.2. The van der Waals surface area contributed by atoms with Crippen LogP contribution in [0.1, 0.15) is 24.2 Å². The van der Waals surface area contributed by atoms with Crippen molar-refractivity contribution in [2.75, 3.05) is 11.9 Å². The predicted octanol–water partition coefficient (Wildman–Crippen LogP) is 1.45. The number of nitrogens with two attached hydrogens (primary N) is 1. The molecule has 1 rings (SSSR count). The summed E-state index contributed by atoms with van der Waals surface area (Å²) in [4.78, 5) is 22.8. The smallest absolute Gasteiger partial charge is 0.337 e. The Morgan fingerprint density at radius 3 is 2.56 bits per heavy atom. The van der Waals surface area contributed by atoms with Gasteiger partial charge in [0.2, 0.25) is 5.91 Å². The molecule has 0 radical (unpaired) electrons. The Morgan fingerprint density at radius 2 is 2.06 bits per heavy atom. The fourth-order valence-corrected chi connectivity index (χ4v) is 1.19. The highest BCUT2D eigenvalue weighted by molar-refractivity contribution is 6.02. The lowest BCUT2D eigenvalue weighted by atomic mass is 9.92. The van der Waals surface area contributed by atoms with Crippen molar-refractivity contribution in [2.45, 2.75) is 13.8 Å². The van der Waals surface area contributed by atoms with E-state index in [0.717, 1.165) is 12.1 Å². The number of aromatic carboxylic acids is 1. The molecule has 0 unspecified atom stereocenters. The van der Waals surface area contributed by atoms with Gasteiger partial charge >= 0.3 is 5.97 Å². The van der Waals surface area contributed by atoms with Crippen LogP contribution in [0.3, 0.4) is 0 Å². The zero-order valence-corrected chi connectivity index (χ0v) is 10.2. The van der Waals surface area contributed by atoms with Gasteiger partial charge in [-0.2, -0.15) is 0 Å². The first-order valence-corrected chi connectivity index (χ1v) is 5.32. The number of carboxylic acid groups (broad SMARTS) is 1. The molecule has 0 aliphatic rings. The maximum atomic E-state index is 12.9. The topological polar surface area (TPSA) is 92.4 Å². The van der Waals surface area contributed by atoms with Gasteiger partial charge in [-0.1, -0.05) is 0 Å². The number of carboxylic acids is 1. The van der Waals surface area contributed by atoms with Crippen molar-refractivity contribution in [1.82, 2.24) is 0 Å². The predicted molar refractivity (Wildman–Crippen MR) is 64.8 cm³/mol. The van der Waals surface area contributed by atoms with E-state index in [4.69, 9.17) is 10.8 Å². The average Bonchev–Trinajstić information content (AvgIpc) is 2.31. The minimum Gasteiger partial charge on any atom is -0.478 e. The number of rotatable bonds is 4. The monoisotopic (exact) mass is 254 g/mol. The third kappa shape index (κ3) is 3.04. The maximum absolute atomic E-state index is 12.9. The Kier molecular flexibility index (Phi) is 4.03. The Morgan fingerprint density at radius 1 is 1.44 bits per heavy atom. The Hall–Kier alpha value is -1.95. The summed E-state index contributed by atoms with van der Waals surface area (Å²) in [7, 11) is 0. The van der Waals surface area contributed by atoms with Crippen LogP contribution >= 0.6 is 0 Å². The van der Waals surface area contributed by atoms with Crippen LogP contribution in [0.15, 0.2) is 18.2 Å². The second kappa shape index (κ2) is 5.14. The third-order valence-electron chi connectivity index (χ3n) is 2.59. The van der Waals surface area contributed by atoms with Crippen molar-refractivity contribution in [3.05, 3.63) is 29.6 Å². The van der Waals surface area contributed by atoms with Gasteiger partial charge in [0.15, 0.2) is 0 Å². The second-order valence-electron chi connectivity index (χ2n) is 4.54. The van der Waals surface area contributed by atoms with Crippen LogP contribution in [0, 0.1) is 11.2 Å². The summed E-state index contributed by atoms with van der Waals surface area (Å²) in [6, 6.07) is 3.15. The molecule has 4 N–H and O–H groups in total. The molecule has 18 heavy (non-hydrogen) atoms. The molecule has 5 nitrogen and oxygen atoms in total. The molecule has 0 atom stereocenters. The fraction of sp³-hybridized carbons (Fsp3) is 0.333. The molecule has 98 valence electrons. The van der Waals surface area contributed by atoms with Gasteiger partial charge in [-0.15, -0.1) is 0 Å². The van der Waals surface area contributed by atoms with Crippen LogP contribution in [0.4, 0.5) is 10.1 Å². The molecule has 0 heterocycles. The van der Waals surface area contributed by atoms with Crippen LogP contribution < -0.4 is 11.1 Å². The molecule has 0 spiro atoms. The van der Waals surface area contributed by atoms with Crippen molar-refractivity contribution >= 4 is 17.6 Å². The van der Waals surface area contributed by atoms with E-state index in [9.17, 15) is 14.0 Å². The molecule has 0 fully saturated rings. The van der Waals surface area contributed by atoms with Crippen molar-refractivity contribution in [3.8, 4) is 0 Å². The summed E-state index contributed by atoms with van der Waals surface area (Å²) in [6.07, 6.45) is 0. The quantitative estimate of drug-likeness (QED) is 0.758. The molecule has 0 aliphatic heterocycles. The minimum atomic E-state index is -1.31. The fourth-order valence-electron chi connectivity index (χ4n) is 1.19. The lowest BCUT2D eigenvalue weighted by molar-refractivity contribution is -0.123. The highest BCUT2D eigenvalue weighted by Gasteiger charge is 2.27. The number of carbonyl (C=O) groups excluding carboxylic acids is 1. The van der Waals surface area contributed by atoms with Gasteiger partial charge in [-0.05, 0) is 32.0 Å². The van der Waals surface area contributed by atoms with Crippen LogP contribution in [-0.2, 0) is 4.79 Å². The summed E-state index contributed by atoms with van der Waals surface area (Å²) >= 11 is 0. The highest BCUT2D eigenvalue weighted by atomic mass is 19.1. The largest absolute Gasteiger partial charge is 0.478 e. The van der Waals surface area contributed by atoms with E-state index in [0.29, 0.717) is 0 Å². The summed E-state index contributed by atoms with van der Waals surface area (Å²) in [6.45, 7) is 3.38. The van der Waals surface area contributed by atoms with E-state index in [-0.39, 0.29) is 17.8 Å². The maximum Gasteiger partial charge on any atom is 0.337 e. The number of nitrogens with one attached hydrogen (secondary N) is 1. The number of carbonyl (C=O) groups is 2. The summed E-state index contributed by atoms with van der Waals surface area (Å²) in [5, 5.41) is 11.4. The van der Waals surface area contributed by atoms with Gasteiger partial charge < -0.3 is 16.2 Å². The van der Waals surface area contributed by atoms with Crippen LogP contribution in [0.2, 0.25) is 0 Å². The average molecular weight is 254 g/mol. The minimum absolute atomic E-state index is 0.0513. The molecule has 6 heteroatoms. The first-order valence-electron chi connectivity index (χ1n) is 5.32. The molecule has 1 amide bonds. The normalized spacial score (nSPS) is 11.1. The van der Waals surface area contributed by atoms with Gasteiger partial charge in [0.25, 0.3) is 0 Å². The van der Waals surface area contributed by atoms with Gasteiger partial charge in [0.05, 0.1) is 16.7 Å². The molecule has 0 bridgehead atoms. The molecule has 0 saturated heterocycles. The molecule has 0 saturated carbocycles. The number of hydrogen-bond acceptors (Lipinski definition) is 3. The van der Waals surface area contributed by atoms with Crippen LogP contribution in [0.5, 0.6) is 0 Å². The number of benzene rings is 1. The molecule has 0 aliphatic carbocycles. The standard InChI is InChI=1S/C12H15FN2O3/c1-12(2,6-14)11(18)15-9-4-3-7(13)5-8(9)10(16)17/h3-5H,6,14H2,1-2H3,(H,15,18)(H,16,17). The van der Waals surface area contributed by atoms with Gasteiger partial charge in [-0.25, -0.2) is 9.18 Å².